The van der Waals surface area contributed by atoms with Crippen molar-refractivity contribution in [1.82, 2.24) is 5.43 Å². The molecule has 3 aromatic carbocycles. The largest absolute Gasteiger partial charge is 0.423 e. The maximum absolute atomic E-state index is 12.2. The van der Waals surface area contributed by atoms with Gasteiger partial charge in [-0.25, -0.2) is 10.2 Å². The molecule has 0 saturated heterocycles. The third-order valence-electron chi connectivity index (χ3n) is 3.84. The van der Waals surface area contributed by atoms with Gasteiger partial charge in [0.15, 0.2) is 0 Å². The van der Waals surface area contributed by atoms with Crippen LogP contribution < -0.4 is 15.5 Å². The number of carbonyl (C=O) groups excluding carboxylic acids is 3. The SMILES string of the molecule is O=C(N/N=C\c1cccc(OC(=O)c2ccc(Cl)cc2)c1)C(=O)Nc1ccc(Cl)cc1. The number of hydrogen-bond donors (Lipinski definition) is 2. The average Bonchev–Trinajstić information content (AvgIpc) is 2.76. The second-order valence-electron chi connectivity index (χ2n) is 6.13. The van der Waals surface area contributed by atoms with Gasteiger partial charge in [-0.2, -0.15) is 5.10 Å². The molecular weight excluding hydrogens is 441 g/mol. The highest BCUT2D eigenvalue weighted by Gasteiger charge is 2.13. The molecule has 0 saturated carbocycles. The van der Waals surface area contributed by atoms with Crippen molar-refractivity contribution in [3.63, 3.8) is 0 Å². The van der Waals surface area contributed by atoms with Crippen molar-refractivity contribution in [2.45, 2.75) is 0 Å². The minimum absolute atomic E-state index is 0.288. The Labute approximate surface area is 187 Å². The fourth-order valence-corrected chi connectivity index (χ4v) is 2.60. The molecule has 0 aliphatic rings. The highest BCUT2D eigenvalue weighted by Crippen LogP contribution is 2.16. The van der Waals surface area contributed by atoms with E-state index in [1.807, 2.05) is 0 Å². The first-order chi connectivity index (χ1) is 14.9. The minimum Gasteiger partial charge on any atom is -0.423 e. The number of esters is 1. The number of halogens is 2. The van der Waals surface area contributed by atoms with E-state index in [-0.39, 0.29) is 5.75 Å². The summed E-state index contributed by atoms with van der Waals surface area (Å²) in [5.74, 6) is -2.09. The van der Waals surface area contributed by atoms with E-state index in [0.717, 1.165) is 0 Å². The topological polar surface area (TPSA) is 96.9 Å². The van der Waals surface area contributed by atoms with Gasteiger partial charge in [-0.05, 0) is 66.2 Å². The van der Waals surface area contributed by atoms with Crippen LogP contribution in [0.3, 0.4) is 0 Å². The van der Waals surface area contributed by atoms with E-state index in [1.54, 1.807) is 72.8 Å². The van der Waals surface area contributed by atoms with Crippen molar-refractivity contribution in [2.24, 2.45) is 5.10 Å². The summed E-state index contributed by atoms with van der Waals surface area (Å²) in [6.07, 6.45) is 1.31. The van der Waals surface area contributed by atoms with Crippen LogP contribution >= 0.6 is 23.2 Å². The van der Waals surface area contributed by atoms with Gasteiger partial charge in [-0.15, -0.1) is 0 Å². The number of amides is 2. The minimum atomic E-state index is -0.948. The lowest BCUT2D eigenvalue weighted by molar-refractivity contribution is -0.136. The highest BCUT2D eigenvalue weighted by molar-refractivity contribution is 6.39. The van der Waals surface area contributed by atoms with Crippen molar-refractivity contribution < 1.29 is 19.1 Å². The van der Waals surface area contributed by atoms with Crippen LogP contribution in [0.15, 0.2) is 77.9 Å². The zero-order valence-electron chi connectivity index (χ0n) is 15.8. The molecule has 0 unspecified atom stereocenters. The van der Waals surface area contributed by atoms with Crippen LogP contribution in [0.2, 0.25) is 10.0 Å². The van der Waals surface area contributed by atoms with Crippen molar-refractivity contribution in [1.29, 1.82) is 0 Å². The van der Waals surface area contributed by atoms with Crippen molar-refractivity contribution in [3.05, 3.63) is 94.0 Å². The van der Waals surface area contributed by atoms with E-state index in [2.05, 4.69) is 15.8 Å². The standard InChI is InChI=1S/C22H15Cl2N3O4/c23-16-6-4-15(5-7-16)22(30)31-19-3-1-2-14(12-19)13-25-27-21(29)20(28)26-18-10-8-17(24)9-11-18/h1-13H,(H,26,28)(H,27,29)/b25-13-. The van der Waals surface area contributed by atoms with Crippen molar-refractivity contribution in [3.8, 4) is 5.75 Å². The van der Waals surface area contributed by atoms with Gasteiger partial charge < -0.3 is 10.1 Å². The van der Waals surface area contributed by atoms with E-state index >= 15 is 0 Å². The number of benzene rings is 3. The summed E-state index contributed by atoms with van der Waals surface area (Å²) in [5.41, 5.74) is 3.44. The van der Waals surface area contributed by atoms with Crippen LogP contribution in [0.5, 0.6) is 5.75 Å². The van der Waals surface area contributed by atoms with E-state index in [1.165, 1.54) is 6.21 Å². The lowest BCUT2D eigenvalue weighted by Gasteiger charge is -2.05. The molecule has 31 heavy (non-hydrogen) atoms. The molecule has 156 valence electrons. The van der Waals surface area contributed by atoms with E-state index in [9.17, 15) is 14.4 Å². The Balaban J connectivity index is 1.55. The summed E-state index contributed by atoms with van der Waals surface area (Å²) < 4.78 is 5.32. The molecular formula is C22H15Cl2N3O4. The van der Waals surface area contributed by atoms with Crippen molar-refractivity contribution >= 4 is 52.9 Å². The summed E-state index contributed by atoms with van der Waals surface area (Å²) in [7, 11) is 0. The summed E-state index contributed by atoms with van der Waals surface area (Å²) in [5, 5.41) is 7.18. The maximum Gasteiger partial charge on any atom is 0.343 e. The second-order valence-corrected chi connectivity index (χ2v) is 7.00. The first kappa shape index (κ1) is 22.0. The fourth-order valence-electron chi connectivity index (χ4n) is 2.35. The molecule has 0 radical (unpaired) electrons. The third-order valence-corrected chi connectivity index (χ3v) is 4.34. The molecule has 7 nitrogen and oxygen atoms in total. The average molecular weight is 456 g/mol. The second kappa shape index (κ2) is 10.4. The number of rotatable bonds is 5. The summed E-state index contributed by atoms with van der Waals surface area (Å²) in [6.45, 7) is 0. The molecule has 0 aliphatic heterocycles. The number of nitrogens with one attached hydrogen (secondary N) is 2. The number of hydrazone groups is 1. The molecule has 2 amide bonds. The number of hydrogen-bond acceptors (Lipinski definition) is 5. The predicted molar refractivity (Wildman–Crippen MR) is 119 cm³/mol. The first-order valence-corrected chi connectivity index (χ1v) is 9.64. The van der Waals surface area contributed by atoms with Crippen LogP contribution in [0, 0.1) is 0 Å². The normalized spacial score (nSPS) is 10.5. The van der Waals surface area contributed by atoms with Gasteiger partial charge in [-0.3, -0.25) is 9.59 Å². The van der Waals surface area contributed by atoms with Gasteiger partial charge >= 0.3 is 17.8 Å². The van der Waals surface area contributed by atoms with Crippen LogP contribution in [0.4, 0.5) is 5.69 Å². The van der Waals surface area contributed by atoms with Crippen LogP contribution in [-0.2, 0) is 9.59 Å². The monoisotopic (exact) mass is 455 g/mol. The zero-order chi connectivity index (χ0) is 22.2. The van der Waals surface area contributed by atoms with Crippen molar-refractivity contribution in [2.75, 3.05) is 5.32 Å². The number of anilines is 1. The van der Waals surface area contributed by atoms with Gasteiger partial charge in [0.1, 0.15) is 5.75 Å². The quantitative estimate of drug-likeness (QED) is 0.197. The Morgan fingerprint density at radius 1 is 0.839 bits per heavy atom. The Morgan fingerprint density at radius 2 is 1.48 bits per heavy atom. The molecule has 0 atom stereocenters. The molecule has 0 aromatic heterocycles. The molecule has 0 bridgehead atoms. The smallest absolute Gasteiger partial charge is 0.343 e. The van der Waals surface area contributed by atoms with E-state index in [0.29, 0.717) is 26.9 Å². The van der Waals surface area contributed by atoms with E-state index in [4.69, 9.17) is 27.9 Å². The number of carbonyl (C=O) groups is 3. The molecule has 0 aliphatic carbocycles. The van der Waals surface area contributed by atoms with E-state index < -0.39 is 17.8 Å². The van der Waals surface area contributed by atoms with Gasteiger partial charge in [-0.1, -0.05) is 35.3 Å². The predicted octanol–water partition coefficient (Wildman–Crippen LogP) is 4.30. The van der Waals surface area contributed by atoms with Crippen LogP contribution in [-0.4, -0.2) is 24.0 Å². The van der Waals surface area contributed by atoms with Gasteiger partial charge in [0.2, 0.25) is 0 Å². The lowest BCUT2D eigenvalue weighted by Crippen LogP contribution is -2.32. The molecule has 9 heteroatoms. The first-order valence-electron chi connectivity index (χ1n) is 8.88. The molecule has 0 fully saturated rings. The molecule has 3 aromatic rings. The molecule has 0 heterocycles. The van der Waals surface area contributed by atoms with Gasteiger partial charge in [0.05, 0.1) is 11.8 Å². The Morgan fingerprint density at radius 3 is 2.16 bits per heavy atom. The number of nitrogens with zero attached hydrogens (tertiary/aromatic N) is 1. The van der Waals surface area contributed by atoms with Crippen LogP contribution in [0.1, 0.15) is 15.9 Å². The Bertz CT molecular complexity index is 1130. The Kier molecular flexibility index (Phi) is 7.37. The van der Waals surface area contributed by atoms with Crippen LogP contribution in [0.25, 0.3) is 0 Å². The Hall–Kier alpha value is -3.68. The fraction of sp³-hybridized carbons (Fsp3) is 0. The zero-order valence-corrected chi connectivity index (χ0v) is 17.4. The summed E-state index contributed by atoms with van der Waals surface area (Å²) in [6, 6.07) is 19.1. The van der Waals surface area contributed by atoms with Gasteiger partial charge in [0.25, 0.3) is 0 Å². The molecule has 2 N–H and O–H groups in total. The maximum atomic E-state index is 12.2. The van der Waals surface area contributed by atoms with Gasteiger partial charge in [0, 0.05) is 15.7 Å². The summed E-state index contributed by atoms with van der Waals surface area (Å²) >= 11 is 11.6. The molecule has 3 rings (SSSR count). The highest BCUT2D eigenvalue weighted by atomic mass is 35.5. The summed E-state index contributed by atoms with van der Waals surface area (Å²) in [4.78, 5) is 35.9. The molecule has 0 spiro atoms. The lowest BCUT2D eigenvalue weighted by atomic mass is 10.2. The number of ether oxygens (including phenoxy) is 1. The third kappa shape index (κ3) is 6.67.